The molecule has 0 amide bonds. The molecule has 1 N–H and O–H groups in total. The summed E-state index contributed by atoms with van der Waals surface area (Å²) in [6.45, 7) is 5.00. The standard InChI is InChI=1S/C27H26N4O2/c28-26-24-23(20-7-2-1-3-8-20)22-11-10-19-6-4-5-9-21(19)25(22)33-27(24)29-18-31(26)13-12-30-14-16-32-17-15-30/h1-11,18,23,28H,12-17H2. The molecule has 0 aliphatic carbocycles. The predicted molar refractivity (Wildman–Crippen MR) is 127 cm³/mol. The number of hydrogen-bond acceptors (Lipinski definition) is 5. The highest BCUT2D eigenvalue weighted by atomic mass is 16.5. The molecule has 6 heteroatoms. The predicted octanol–water partition coefficient (Wildman–Crippen LogP) is 4.13. The van der Waals surface area contributed by atoms with E-state index < -0.39 is 0 Å². The maximum Gasteiger partial charge on any atom is 0.228 e. The minimum atomic E-state index is -0.106. The van der Waals surface area contributed by atoms with Crippen molar-refractivity contribution in [3.05, 3.63) is 95.2 Å². The van der Waals surface area contributed by atoms with Crippen LogP contribution in [0.1, 0.15) is 22.6 Å². The van der Waals surface area contributed by atoms with Gasteiger partial charge >= 0.3 is 0 Å². The Labute approximate surface area is 192 Å². The van der Waals surface area contributed by atoms with Crippen LogP contribution >= 0.6 is 0 Å². The van der Waals surface area contributed by atoms with Gasteiger partial charge in [0, 0.05) is 43.0 Å². The quantitative estimate of drug-likeness (QED) is 0.458. The number of fused-ring (bicyclic) bond motifs is 4. The maximum atomic E-state index is 9.13. The Bertz CT molecular complexity index is 1360. The third-order valence-electron chi connectivity index (χ3n) is 6.69. The molecule has 166 valence electrons. The zero-order chi connectivity index (χ0) is 22.2. The number of nitrogens with one attached hydrogen (secondary N) is 1. The van der Waals surface area contributed by atoms with Crippen LogP contribution in [-0.4, -0.2) is 47.3 Å². The highest BCUT2D eigenvalue weighted by Crippen LogP contribution is 2.47. The van der Waals surface area contributed by atoms with Crippen LogP contribution in [0.15, 0.2) is 73.1 Å². The van der Waals surface area contributed by atoms with Crippen molar-refractivity contribution in [3.8, 4) is 11.6 Å². The molecular formula is C27H26N4O2. The van der Waals surface area contributed by atoms with Crippen molar-refractivity contribution in [2.45, 2.75) is 12.5 Å². The van der Waals surface area contributed by atoms with Gasteiger partial charge < -0.3 is 14.0 Å². The summed E-state index contributed by atoms with van der Waals surface area (Å²) in [5.74, 6) is 1.26. The maximum absolute atomic E-state index is 9.13. The largest absolute Gasteiger partial charge is 0.438 e. The summed E-state index contributed by atoms with van der Waals surface area (Å²) < 4.78 is 13.8. The van der Waals surface area contributed by atoms with Crippen molar-refractivity contribution in [2.24, 2.45) is 0 Å². The number of aromatic nitrogens is 2. The lowest BCUT2D eigenvalue weighted by atomic mass is 9.83. The number of benzene rings is 3. The fourth-order valence-corrected chi connectivity index (χ4v) is 4.94. The van der Waals surface area contributed by atoms with Crippen molar-refractivity contribution < 1.29 is 9.47 Å². The first-order valence-corrected chi connectivity index (χ1v) is 11.5. The molecule has 1 saturated heterocycles. The van der Waals surface area contributed by atoms with Crippen LogP contribution in [0.25, 0.3) is 10.8 Å². The Kier molecular flexibility index (Phi) is 5.17. The number of nitrogens with zero attached hydrogens (tertiary/aromatic N) is 3. The van der Waals surface area contributed by atoms with Crippen molar-refractivity contribution in [3.63, 3.8) is 0 Å². The van der Waals surface area contributed by atoms with Crippen LogP contribution in [0.2, 0.25) is 0 Å². The topological polar surface area (TPSA) is 63.4 Å². The lowest BCUT2D eigenvalue weighted by molar-refractivity contribution is 0.0362. The zero-order valence-corrected chi connectivity index (χ0v) is 18.4. The van der Waals surface area contributed by atoms with E-state index in [4.69, 9.17) is 19.9 Å². The Morgan fingerprint density at radius 3 is 2.55 bits per heavy atom. The second kappa shape index (κ2) is 8.46. The van der Waals surface area contributed by atoms with Crippen LogP contribution in [0, 0.1) is 5.41 Å². The van der Waals surface area contributed by atoms with Gasteiger partial charge in [0.25, 0.3) is 0 Å². The van der Waals surface area contributed by atoms with Gasteiger partial charge in [0.2, 0.25) is 5.88 Å². The van der Waals surface area contributed by atoms with Crippen LogP contribution < -0.4 is 10.2 Å². The van der Waals surface area contributed by atoms with Gasteiger partial charge in [-0.05, 0) is 10.9 Å². The van der Waals surface area contributed by atoms with Gasteiger partial charge in [-0.1, -0.05) is 66.7 Å². The molecule has 2 aliphatic heterocycles. The molecule has 3 heterocycles. The van der Waals surface area contributed by atoms with Crippen LogP contribution in [0.3, 0.4) is 0 Å². The lowest BCUT2D eigenvalue weighted by Crippen LogP contribution is -2.40. The summed E-state index contributed by atoms with van der Waals surface area (Å²) >= 11 is 0. The van der Waals surface area contributed by atoms with Gasteiger partial charge in [-0.25, -0.2) is 4.98 Å². The van der Waals surface area contributed by atoms with Crippen molar-refractivity contribution in [2.75, 3.05) is 32.8 Å². The van der Waals surface area contributed by atoms with Gasteiger partial charge in [0.05, 0.1) is 18.8 Å². The molecule has 2 aliphatic rings. The smallest absolute Gasteiger partial charge is 0.228 e. The Balaban J connectivity index is 1.46. The van der Waals surface area contributed by atoms with E-state index in [9.17, 15) is 0 Å². The fourth-order valence-electron chi connectivity index (χ4n) is 4.94. The SMILES string of the molecule is N=c1c2c(ncn1CCN1CCOCC1)Oc1c(ccc3ccccc13)C2c1ccccc1. The number of ether oxygens (including phenoxy) is 2. The van der Waals surface area contributed by atoms with E-state index in [1.807, 2.05) is 22.8 Å². The second-order valence-electron chi connectivity index (χ2n) is 8.61. The lowest BCUT2D eigenvalue weighted by Gasteiger charge is -2.30. The summed E-state index contributed by atoms with van der Waals surface area (Å²) in [5, 5.41) is 11.3. The minimum Gasteiger partial charge on any atom is -0.438 e. The minimum absolute atomic E-state index is 0.106. The molecule has 33 heavy (non-hydrogen) atoms. The van der Waals surface area contributed by atoms with Crippen molar-refractivity contribution >= 4 is 10.8 Å². The first-order valence-electron chi connectivity index (χ1n) is 11.5. The second-order valence-corrected chi connectivity index (χ2v) is 8.61. The summed E-state index contributed by atoms with van der Waals surface area (Å²) in [7, 11) is 0. The van der Waals surface area contributed by atoms with Crippen LogP contribution in [-0.2, 0) is 11.3 Å². The summed E-state index contributed by atoms with van der Waals surface area (Å²) in [5.41, 5.74) is 3.50. The van der Waals surface area contributed by atoms with E-state index in [1.165, 1.54) is 0 Å². The molecule has 1 aromatic heterocycles. The Morgan fingerprint density at radius 2 is 1.70 bits per heavy atom. The van der Waals surface area contributed by atoms with Crippen molar-refractivity contribution in [1.82, 2.24) is 14.5 Å². The molecule has 1 atom stereocenters. The van der Waals surface area contributed by atoms with E-state index in [0.717, 1.165) is 66.1 Å². The molecule has 1 unspecified atom stereocenters. The number of hydrogen-bond donors (Lipinski definition) is 1. The van der Waals surface area contributed by atoms with E-state index in [0.29, 0.717) is 17.9 Å². The van der Waals surface area contributed by atoms with Gasteiger partial charge in [-0.15, -0.1) is 0 Å². The molecule has 4 aromatic rings. The van der Waals surface area contributed by atoms with E-state index in [-0.39, 0.29) is 5.92 Å². The Hall–Kier alpha value is -3.48. The molecule has 0 saturated carbocycles. The average Bonchev–Trinajstić information content (AvgIpc) is 2.88. The summed E-state index contributed by atoms with van der Waals surface area (Å²) in [6, 6.07) is 22.9. The van der Waals surface area contributed by atoms with Crippen LogP contribution in [0.5, 0.6) is 11.6 Å². The Morgan fingerprint density at radius 1 is 0.909 bits per heavy atom. The van der Waals surface area contributed by atoms with Gasteiger partial charge in [0.1, 0.15) is 17.6 Å². The molecular weight excluding hydrogens is 412 g/mol. The fraction of sp³-hybridized carbons (Fsp3) is 0.259. The third-order valence-corrected chi connectivity index (χ3v) is 6.69. The first kappa shape index (κ1) is 20.1. The molecule has 0 bridgehead atoms. The molecule has 6 rings (SSSR count). The van der Waals surface area contributed by atoms with E-state index >= 15 is 0 Å². The number of rotatable bonds is 4. The normalized spacial score (nSPS) is 17.9. The summed E-state index contributed by atoms with van der Waals surface area (Å²) in [6.07, 6.45) is 1.75. The van der Waals surface area contributed by atoms with Gasteiger partial charge in [-0.3, -0.25) is 10.3 Å². The molecule has 0 radical (unpaired) electrons. The molecule has 3 aromatic carbocycles. The first-order chi connectivity index (χ1) is 16.3. The van der Waals surface area contributed by atoms with Gasteiger partial charge in [0.15, 0.2) is 0 Å². The monoisotopic (exact) mass is 438 g/mol. The van der Waals surface area contributed by atoms with Crippen LogP contribution in [0.4, 0.5) is 0 Å². The molecule has 6 nitrogen and oxygen atoms in total. The number of morpholine rings is 1. The third kappa shape index (κ3) is 3.61. The van der Waals surface area contributed by atoms with Crippen molar-refractivity contribution in [1.29, 1.82) is 5.41 Å². The highest BCUT2D eigenvalue weighted by Gasteiger charge is 2.33. The van der Waals surface area contributed by atoms with E-state index in [1.54, 1.807) is 6.33 Å². The highest BCUT2D eigenvalue weighted by molar-refractivity contribution is 5.91. The van der Waals surface area contributed by atoms with Gasteiger partial charge in [-0.2, -0.15) is 0 Å². The molecule has 0 spiro atoms. The average molecular weight is 439 g/mol. The van der Waals surface area contributed by atoms with E-state index in [2.05, 4.69) is 53.4 Å². The molecule has 1 fully saturated rings. The zero-order valence-electron chi connectivity index (χ0n) is 18.4. The summed E-state index contributed by atoms with van der Waals surface area (Å²) in [4.78, 5) is 7.08.